The van der Waals surface area contributed by atoms with Gasteiger partial charge in [0.15, 0.2) is 0 Å². The summed E-state index contributed by atoms with van der Waals surface area (Å²) in [7, 11) is 0. The van der Waals surface area contributed by atoms with Crippen LogP contribution in [0.3, 0.4) is 0 Å². The Bertz CT molecular complexity index is 428. The number of nitrogens with two attached hydrogens (primary N) is 1. The second-order valence-corrected chi connectivity index (χ2v) is 2.65. The Morgan fingerprint density at radius 3 is 2.62 bits per heavy atom. The molecular weight excluding hydrogens is 223 g/mol. The van der Waals surface area contributed by atoms with Gasteiger partial charge in [0.05, 0.1) is 11.9 Å². The molecule has 0 amide bonds. The van der Waals surface area contributed by atoms with Gasteiger partial charge < -0.3 is 5.73 Å². The van der Waals surface area contributed by atoms with E-state index in [9.17, 15) is 13.2 Å². The Morgan fingerprint density at radius 2 is 2.19 bits per heavy atom. The van der Waals surface area contributed by atoms with Crippen molar-refractivity contribution >= 4 is 11.5 Å². The zero-order valence-electron chi connectivity index (χ0n) is 7.78. The molecule has 1 aromatic rings. The second kappa shape index (κ2) is 4.48. The number of hydrazone groups is 1. The molecule has 0 saturated heterocycles. The summed E-state index contributed by atoms with van der Waals surface area (Å²) >= 11 is 0. The number of hydrogen-bond acceptors (Lipinski definition) is 4. The monoisotopic (exact) mass is 229 g/mol. The molecule has 0 aliphatic carbocycles. The molecule has 0 unspecified atom stereocenters. The van der Waals surface area contributed by atoms with Crippen LogP contribution >= 0.6 is 0 Å². The van der Waals surface area contributed by atoms with Crippen LogP contribution in [0.15, 0.2) is 23.4 Å². The summed E-state index contributed by atoms with van der Waals surface area (Å²) in [6.07, 6.45) is -3.50. The molecule has 8 heteroatoms. The average molecular weight is 229 g/mol. The van der Waals surface area contributed by atoms with Crippen LogP contribution in [0, 0.1) is 11.3 Å². The highest BCUT2D eigenvalue weighted by Gasteiger charge is 2.33. The molecule has 0 spiro atoms. The minimum Gasteiger partial charge on any atom is -0.378 e. The molecule has 5 nitrogen and oxygen atoms in total. The summed E-state index contributed by atoms with van der Waals surface area (Å²) < 4.78 is 35.7. The minimum atomic E-state index is -4.67. The van der Waals surface area contributed by atoms with Crippen molar-refractivity contribution in [1.29, 1.82) is 5.26 Å². The van der Waals surface area contributed by atoms with E-state index in [2.05, 4.69) is 21.2 Å². The molecule has 1 rings (SSSR count). The van der Waals surface area contributed by atoms with Crippen molar-refractivity contribution in [2.45, 2.75) is 6.18 Å². The fraction of sp³-hybridized carbons (Fsp3) is 0.125. The quantitative estimate of drug-likeness (QED) is 0.453. The highest BCUT2D eigenvalue weighted by Crippen LogP contribution is 2.14. The van der Waals surface area contributed by atoms with E-state index in [1.54, 1.807) is 6.07 Å². The average Bonchev–Trinajstić information content (AvgIpc) is 2.25. The van der Waals surface area contributed by atoms with Gasteiger partial charge >= 0.3 is 6.18 Å². The number of pyridine rings is 1. The van der Waals surface area contributed by atoms with Gasteiger partial charge in [0.25, 0.3) is 0 Å². The number of nitriles is 1. The third kappa shape index (κ3) is 3.13. The molecule has 0 saturated carbocycles. The van der Waals surface area contributed by atoms with Gasteiger partial charge in [0, 0.05) is 0 Å². The first-order valence-electron chi connectivity index (χ1n) is 3.96. The van der Waals surface area contributed by atoms with Crippen molar-refractivity contribution in [3.8, 4) is 6.07 Å². The van der Waals surface area contributed by atoms with Gasteiger partial charge in [0.1, 0.15) is 11.8 Å². The van der Waals surface area contributed by atoms with Crippen LogP contribution in [-0.2, 0) is 0 Å². The zero-order valence-corrected chi connectivity index (χ0v) is 7.78. The van der Waals surface area contributed by atoms with E-state index in [1.165, 1.54) is 18.3 Å². The Kier molecular flexibility index (Phi) is 3.30. The Morgan fingerprint density at radius 1 is 1.50 bits per heavy atom. The van der Waals surface area contributed by atoms with E-state index in [-0.39, 0.29) is 11.4 Å². The summed E-state index contributed by atoms with van der Waals surface area (Å²) in [6, 6.07) is 4.46. The largest absolute Gasteiger partial charge is 0.450 e. The van der Waals surface area contributed by atoms with Gasteiger partial charge in [0.2, 0.25) is 5.84 Å². The van der Waals surface area contributed by atoms with Crippen LogP contribution in [-0.4, -0.2) is 17.0 Å². The van der Waals surface area contributed by atoms with Gasteiger partial charge in [-0.2, -0.15) is 23.5 Å². The summed E-state index contributed by atoms with van der Waals surface area (Å²) in [5, 5.41) is 11.3. The molecule has 0 radical (unpaired) electrons. The number of aromatic nitrogens is 1. The van der Waals surface area contributed by atoms with Crippen molar-refractivity contribution in [1.82, 2.24) is 4.98 Å². The van der Waals surface area contributed by atoms with Crippen LogP contribution in [0.1, 0.15) is 5.69 Å². The third-order valence-corrected chi connectivity index (χ3v) is 1.47. The van der Waals surface area contributed by atoms with E-state index in [1.807, 2.05) is 0 Å². The standard InChI is InChI=1S/C8H6F3N5/c9-8(10,11)7(13)16-15-6-2-1-5(3-12)14-4-6/h1-2,4,15H,(H2,13,16). The predicted molar refractivity (Wildman–Crippen MR) is 50.3 cm³/mol. The molecule has 1 aromatic heterocycles. The first kappa shape index (κ1) is 11.8. The van der Waals surface area contributed by atoms with Gasteiger partial charge in [-0.15, -0.1) is 0 Å². The minimum absolute atomic E-state index is 0.151. The van der Waals surface area contributed by atoms with Gasteiger partial charge in [-0.05, 0) is 12.1 Å². The molecule has 0 aromatic carbocycles. The van der Waals surface area contributed by atoms with E-state index < -0.39 is 12.0 Å². The summed E-state index contributed by atoms with van der Waals surface area (Å²) in [6.45, 7) is 0. The lowest BCUT2D eigenvalue weighted by Crippen LogP contribution is -2.32. The Labute approximate surface area is 88.4 Å². The topological polar surface area (TPSA) is 87.1 Å². The molecule has 3 N–H and O–H groups in total. The highest BCUT2D eigenvalue weighted by atomic mass is 19.4. The van der Waals surface area contributed by atoms with Crippen LogP contribution < -0.4 is 11.2 Å². The Hall–Kier alpha value is -2.30. The fourth-order valence-electron chi connectivity index (χ4n) is 0.714. The lowest BCUT2D eigenvalue weighted by molar-refractivity contribution is -0.0599. The molecule has 0 aliphatic rings. The molecule has 0 fully saturated rings. The molecule has 16 heavy (non-hydrogen) atoms. The predicted octanol–water partition coefficient (Wildman–Crippen LogP) is 1.20. The summed E-state index contributed by atoms with van der Waals surface area (Å²) in [4.78, 5) is 3.62. The third-order valence-electron chi connectivity index (χ3n) is 1.47. The number of nitrogens with zero attached hydrogens (tertiary/aromatic N) is 3. The molecular formula is C8H6F3N5. The van der Waals surface area contributed by atoms with Gasteiger partial charge in [-0.1, -0.05) is 0 Å². The number of halogens is 3. The van der Waals surface area contributed by atoms with Crippen LogP contribution in [0.2, 0.25) is 0 Å². The van der Waals surface area contributed by atoms with Crippen molar-refractivity contribution in [3.63, 3.8) is 0 Å². The van der Waals surface area contributed by atoms with Crippen molar-refractivity contribution in [2.24, 2.45) is 10.8 Å². The van der Waals surface area contributed by atoms with E-state index in [4.69, 9.17) is 5.26 Å². The maximum Gasteiger partial charge on any atom is 0.450 e. The van der Waals surface area contributed by atoms with E-state index >= 15 is 0 Å². The lowest BCUT2D eigenvalue weighted by Gasteiger charge is -2.05. The second-order valence-electron chi connectivity index (χ2n) is 2.65. The number of anilines is 1. The van der Waals surface area contributed by atoms with Crippen molar-refractivity contribution < 1.29 is 13.2 Å². The van der Waals surface area contributed by atoms with Crippen LogP contribution in [0.25, 0.3) is 0 Å². The maximum absolute atomic E-state index is 11.9. The summed E-state index contributed by atoms with van der Waals surface area (Å²) in [5.74, 6) is -1.49. The SMILES string of the molecule is N#Cc1ccc(NN=C(N)C(F)(F)F)cn1. The lowest BCUT2D eigenvalue weighted by atomic mass is 10.3. The van der Waals surface area contributed by atoms with Gasteiger partial charge in [-0.3, -0.25) is 5.43 Å². The highest BCUT2D eigenvalue weighted by molar-refractivity contribution is 5.86. The number of amidine groups is 1. The molecule has 0 atom stereocenters. The van der Waals surface area contributed by atoms with Crippen molar-refractivity contribution in [3.05, 3.63) is 24.0 Å². The fourth-order valence-corrected chi connectivity index (χ4v) is 0.714. The molecule has 0 bridgehead atoms. The smallest absolute Gasteiger partial charge is 0.378 e. The van der Waals surface area contributed by atoms with Crippen LogP contribution in [0.5, 0.6) is 0 Å². The molecule has 84 valence electrons. The first-order valence-corrected chi connectivity index (χ1v) is 3.96. The normalized spacial score (nSPS) is 12.0. The zero-order chi connectivity index (χ0) is 12.2. The van der Waals surface area contributed by atoms with Crippen LogP contribution in [0.4, 0.5) is 18.9 Å². The Balaban J connectivity index is 2.72. The van der Waals surface area contributed by atoms with E-state index in [0.29, 0.717) is 0 Å². The number of rotatable bonds is 2. The molecule has 1 heterocycles. The van der Waals surface area contributed by atoms with E-state index in [0.717, 1.165) is 0 Å². The number of alkyl halides is 3. The number of nitrogens with one attached hydrogen (secondary N) is 1. The van der Waals surface area contributed by atoms with Crippen molar-refractivity contribution in [2.75, 3.05) is 5.43 Å². The molecule has 0 aliphatic heterocycles. The summed E-state index contributed by atoms with van der Waals surface area (Å²) in [5.41, 5.74) is 7.07. The first-order chi connectivity index (χ1) is 7.43. The maximum atomic E-state index is 11.9. The number of hydrogen-bond donors (Lipinski definition) is 2. The van der Waals surface area contributed by atoms with Gasteiger partial charge in [-0.25, -0.2) is 4.98 Å².